The van der Waals surface area contributed by atoms with Crippen molar-refractivity contribution in [2.75, 3.05) is 27.2 Å². The van der Waals surface area contributed by atoms with E-state index in [0.717, 1.165) is 17.4 Å². The number of nitrogens with zero attached hydrogens (tertiary/aromatic N) is 2. The lowest BCUT2D eigenvalue weighted by molar-refractivity contribution is 0.0952. The van der Waals surface area contributed by atoms with Crippen LogP contribution in [0.1, 0.15) is 10.4 Å². The van der Waals surface area contributed by atoms with Crippen LogP contribution in [0.25, 0.3) is 10.9 Å². The lowest BCUT2D eigenvalue weighted by Gasteiger charge is -2.13. The van der Waals surface area contributed by atoms with Gasteiger partial charge < -0.3 is 15.0 Å². The Morgan fingerprint density at radius 3 is 2.56 bits per heavy atom. The predicted molar refractivity (Wildman–Crippen MR) is 99.1 cm³/mol. The van der Waals surface area contributed by atoms with Crippen molar-refractivity contribution in [3.63, 3.8) is 0 Å². The summed E-state index contributed by atoms with van der Waals surface area (Å²) >= 11 is 0. The van der Waals surface area contributed by atoms with Crippen LogP contribution in [0.4, 0.5) is 0 Å². The zero-order chi connectivity index (χ0) is 17.6. The zero-order valence-electron chi connectivity index (χ0n) is 14.4. The van der Waals surface area contributed by atoms with Gasteiger partial charge in [-0.25, -0.2) is 4.98 Å². The molecule has 1 amide bonds. The molecule has 1 aromatic heterocycles. The normalized spacial score (nSPS) is 10.8. The molecule has 5 nitrogen and oxygen atoms in total. The first-order valence-electron chi connectivity index (χ1n) is 8.19. The molecule has 0 saturated carbocycles. The molecule has 0 saturated heterocycles. The highest BCUT2D eigenvalue weighted by Gasteiger charge is 2.13. The number of carbonyl (C=O) groups is 1. The van der Waals surface area contributed by atoms with Crippen molar-refractivity contribution in [2.45, 2.75) is 0 Å². The molecule has 1 heterocycles. The van der Waals surface area contributed by atoms with Crippen molar-refractivity contribution in [2.24, 2.45) is 0 Å². The minimum Gasteiger partial charge on any atom is -0.439 e. The van der Waals surface area contributed by atoms with Crippen molar-refractivity contribution in [3.8, 4) is 11.6 Å². The summed E-state index contributed by atoms with van der Waals surface area (Å²) in [5, 5.41) is 3.76. The summed E-state index contributed by atoms with van der Waals surface area (Å²) in [6.07, 6.45) is 0. The van der Waals surface area contributed by atoms with Gasteiger partial charge in [0.05, 0.1) is 11.1 Å². The van der Waals surface area contributed by atoms with Crippen molar-refractivity contribution in [1.82, 2.24) is 15.2 Å². The fraction of sp³-hybridized carbons (Fsp3) is 0.200. The fourth-order valence-electron chi connectivity index (χ4n) is 2.49. The van der Waals surface area contributed by atoms with Crippen LogP contribution in [0.2, 0.25) is 0 Å². The van der Waals surface area contributed by atoms with Gasteiger partial charge in [0.25, 0.3) is 5.91 Å². The van der Waals surface area contributed by atoms with Crippen LogP contribution < -0.4 is 10.1 Å². The summed E-state index contributed by atoms with van der Waals surface area (Å²) in [6, 6.07) is 18.7. The first-order chi connectivity index (χ1) is 12.1. The second-order valence-electron chi connectivity index (χ2n) is 6.00. The molecule has 0 unspecified atom stereocenters. The monoisotopic (exact) mass is 335 g/mol. The van der Waals surface area contributed by atoms with E-state index in [1.165, 1.54) is 0 Å². The fourth-order valence-corrected chi connectivity index (χ4v) is 2.49. The number of nitrogens with one attached hydrogen (secondary N) is 1. The van der Waals surface area contributed by atoms with Gasteiger partial charge in [0.1, 0.15) is 5.75 Å². The van der Waals surface area contributed by atoms with Gasteiger partial charge in [-0.1, -0.05) is 36.4 Å². The van der Waals surface area contributed by atoms with Gasteiger partial charge in [-0.2, -0.15) is 0 Å². The summed E-state index contributed by atoms with van der Waals surface area (Å²) in [7, 11) is 3.94. The number of likely N-dealkylation sites (N-methyl/N-ethyl adjacent to an activating group) is 1. The molecule has 0 aliphatic heterocycles. The summed E-state index contributed by atoms with van der Waals surface area (Å²) in [4.78, 5) is 19.2. The van der Waals surface area contributed by atoms with E-state index in [1.54, 1.807) is 6.07 Å². The Kier molecular flexibility index (Phi) is 5.26. The number of benzene rings is 2. The maximum Gasteiger partial charge on any atom is 0.252 e. The molecule has 0 atom stereocenters. The number of fused-ring (bicyclic) bond motifs is 1. The number of para-hydroxylation sites is 2. The summed E-state index contributed by atoms with van der Waals surface area (Å²) in [5.74, 6) is 0.963. The largest absolute Gasteiger partial charge is 0.439 e. The molecule has 2 aromatic carbocycles. The molecule has 0 fully saturated rings. The molecule has 1 N–H and O–H groups in total. The number of pyridine rings is 1. The van der Waals surface area contributed by atoms with Crippen LogP contribution in [0.15, 0.2) is 60.7 Å². The lowest BCUT2D eigenvalue weighted by atomic mass is 10.1. The zero-order valence-corrected chi connectivity index (χ0v) is 14.4. The Morgan fingerprint density at radius 2 is 1.80 bits per heavy atom. The molecule has 3 rings (SSSR count). The smallest absolute Gasteiger partial charge is 0.252 e. The van der Waals surface area contributed by atoms with E-state index in [2.05, 4.69) is 10.3 Å². The highest BCUT2D eigenvalue weighted by atomic mass is 16.5. The van der Waals surface area contributed by atoms with E-state index in [4.69, 9.17) is 4.74 Å². The van der Waals surface area contributed by atoms with Crippen molar-refractivity contribution >= 4 is 16.8 Å². The predicted octanol–water partition coefficient (Wildman–Crippen LogP) is 3.32. The molecule has 25 heavy (non-hydrogen) atoms. The van der Waals surface area contributed by atoms with Crippen LogP contribution in [-0.2, 0) is 0 Å². The Hall–Kier alpha value is -2.92. The van der Waals surface area contributed by atoms with E-state index in [9.17, 15) is 4.79 Å². The number of carbonyl (C=O) groups excluding carboxylic acids is 1. The topological polar surface area (TPSA) is 54.5 Å². The van der Waals surface area contributed by atoms with E-state index in [1.807, 2.05) is 73.6 Å². The average Bonchev–Trinajstić information content (AvgIpc) is 2.61. The molecular formula is C20H21N3O2. The second kappa shape index (κ2) is 7.77. The highest BCUT2D eigenvalue weighted by molar-refractivity contribution is 6.06. The molecule has 128 valence electrons. The van der Waals surface area contributed by atoms with E-state index in [-0.39, 0.29) is 5.91 Å². The third-order valence-corrected chi connectivity index (χ3v) is 3.75. The molecule has 3 aromatic rings. The van der Waals surface area contributed by atoms with Gasteiger partial charge in [-0.15, -0.1) is 0 Å². The van der Waals surface area contributed by atoms with E-state index < -0.39 is 0 Å². The van der Waals surface area contributed by atoms with Gasteiger partial charge >= 0.3 is 0 Å². The quantitative estimate of drug-likeness (QED) is 0.751. The van der Waals surface area contributed by atoms with Crippen LogP contribution in [0, 0.1) is 0 Å². The standard InChI is InChI=1S/C20H21N3O2/c1-23(2)13-12-21-20(24)17-14-19(25-15-8-4-3-5-9-15)22-18-11-7-6-10-16(17)18/h3-11,14H,12-13H2,1-2H3,(H,21,24). The SMILES string of the molecule is CN(C)CCNC(=O)c1cc(Oc2ccccc2)nc2ccccc12. The molecule has 0 aliphatic rings. The van der Waals surface area contributed by atoms with Crippen LogP contribution in [-0.4, -0.2) is 43.0 Å². The van der Waals surface area contributed by atoms with Crippen molar-refractivity contribution < 1.29 is 9.53 Å². The third kappa shape index (κ3) is 4.33. The van der Waals surface area contributed by atoms with Crippen LogP contribution in [0.5, 0.6) is 11.6 Å². The minimum absolute atomic E-state index is 0.127. The Labute approximate surface area is 147 Å². The Morgan fingerprint density at radius 1 is 1.08 bits per heavy atom. The maximum absolute atomic E-state index is 12.6. The highest BCUT2D eigenvalue weighted by Crippen LogP contribution is 2.25. The number of hydrogen-bond acceptors (Lipinski definition) is 4. The van der Waals surface area contributed by atoms with E-state index >= 15 is 0 Å². The number of amides is 1. The maximum atomic E-state index is 12.6. The van der Waals surface area contributed by atoms with Gasteiger partial charge in [0.15, 0.2) is 0 Å². The Bertz CT molecular complexity index is 863. The number of hydrogen-bond donors (Lipinski definition) is 1. The third-order valence-electron chi connectivity index (χ3n) is 3.75. The summed E-state index contributed by atoms with van der Waals surface area (Å²) < 4.78 is 5.82. The van der Waals surface area contributed by atoms with Crippen LogP contribution in [0.3, 0.4) is 0 Å². The van der Waals surface area contributed by atoms with E-state index in [0.29, 0.717) is 23.7 Å². The van der Waals surface area contributed by atoms with Crippen molar-refractivity contribution in [1.29, 1.82) is 0 Å². The summed E-state index contributed by atoms with van der Waals surface area (Å²) in [5.41, 5.74) is 1.30. The molecule has 0 radical (unpaired) electrons. The van der Waals surface area contributed by atoms with Crippen LogP contribution >= 0.6 is 0 Å². The van der Waals surface area contributed by atoms with Gasteiger partial charge in [-0.05, 0) is 32.3 Å². The Balaban J connectivity index is 1.91. The average molecular weight is 335 g/mol. The number of ether oxygens (including phenoxy) is 1. The lowest BCUT2D eigenvalue weighted by Crippen LogP contribution is -2.31. The molecule has 0 aliphatic carbocycles. The molecule has 0 spiro atoms. The van der Waals surface area contributed by atoms with Gasteiger partial charge in [0, 0.05) is 24.5 Å². The first-order valence-corrected chi connectivity index (χ1v) is 8.19. The summed E-state index contributed by atoms with van der Waals surface area (Å²) in [6.45, 7) is 1.36. The number of rotatable bonds is 6. The first kappa shape index (κ1) is 16.9. The molecule has 0 bridgehead atoms. The van der Waals surface area contributed by atoms with Crippen molar-refractivity contribution in [3.05, 3.63) is 66.2 Å². The molecular weight excluding hydrogens is 314 g/mol. The molecule has 5 heteroatoms. The number of aromatic nitrogens is 1. The van der Waals surface area contributed by atoms with Gasteiger partial charge in [0.2, 0.25) is 5.88 Å². The second-order valence-corrected chi connectivity index (χ2v) is 6.00. The minimum atomic E-state index is -0.127. The van der Waals surface area contributed by atoms with Gasteiger partial charge in [-0.3, -0.25) is 4.79 Å².